The molecule has 0 aromatic carbocycles. The summed E-state index contributed by atoms with van der Waals surface area (Å²) in [5.74, 6) is 0.928. The number of piperidine rings is 1. The van der Waals surface area contributed by atoms with E-state index >= 15 is 0 Å². The van der Waals surface area contributed by atoms with Gasteiger partial charge in [0.2, 0.25) is 0 Å². The molecule has 2 rings (SSSR count). The predicted molar refractivity (Wildman–Crippen MR) is 99.5 cm³/mol. The highest BCUT2D eigenvalue weighted by atomic mass is 32.1. The van der Waals surface area contributed by atoms with Gasteiger partial charge < -0.3 is 15.5 Å². The second kappa shape index (κ2) is 10.6. The van der Waals surface area contributed by atoms with E-state index in [1.54, 1.807) is 0 Å². The third-order valence-electron chi connectivity index (χ3n) is 4.06. The first-order chi connectivity index (χ1) is 11.3. The standard InChI is InChI=1S/C17H31N5S/c1-3-15-14-21-16(23-15)8-9-19-17(18-4-2)20-10-13-22-11-6-5-7-12-22/h14H,3-13H2,1-2H3,(H2,18,19,20). The second-order valence-electron chi connectivity index (χ2n) is 5.91. The van der Waals surface area contributed by atoms with Crippen LogP contribution in [-0.4, -0.2) is 55.1 Å². The average Bonchev–Trinajstić information content (AvgIpc) is 3.04. The zero-order valence-corrected chi connectivity index (χ0v) is 15.4. The maximum Gasteiger partial charge on any atom is 0.191 e. The van der Waals surface area contributed by atoms with Gasteiger partial charge in [0.25, 0.3) is 0 Å². The van der Waals surface area contributed by atoms with Crippen molar-refractivity contribution in [3.05, 3.63) is 16.1 Å². The smallest absolute Gasteiger partial charge is 0.191 e. The van der Waals surface area contributed by atoms with E-state index in [2.05, 4.69) is 34.4 Å². The lowest BCUT2D eigenvalue weighted by molar-refractivity contribution is 0.235. The largest absolute Gasteiger partial charge is 0.357 e. The summed E-state index contributed by atoms with van der Waals surface area (Å²) in [7, 11) is 0. The number of aryl methyl sites for hydroxylation is 1. The number of thiazole rings is 1. The topological polar surface area (TPSA) is 52.6 Å². The monoisotopic (exact) mass is 337 g/mol. The lowest BCUT2D eigenvalue weighted by Crippen LogP contribution is -2.39. The van der Waals surface area contributed by atoms with Crippen LogP contribution < -0.4 is 10.6 Å². The predicted octanol–water partition coefficient (Wildman–Crippen LogP) is 2.29. The van der Waals surface area contributed by atoms with E-state index in [4.69, 9.17) is 4.99 Å². The minimum Gasteiger partial charge on any atom is -0.357 e. The Morgan fingerprint density at radius 3 is 2.78 bits per heavy atom. The first-order valence-corrected chi connectivity index (χ1v) is 9.81. The van der Waals surface area contributed by atoms with Gasteiger partial charge >= 0.3 is 0 Å². The van der Waals surface area contributed by atoms with Crippen LogP contribution >= 0.6 is 11.3 Å². The first kappa shape index (κ1) is 18.2. The molecular formula is C17H31N5S. The van der Waals surface area contributed by atoms with Crippen LogP contribution in [0.1, 0.15) is 43.0 Å². The Kier molecular flexibility index (Phi) is 8.39. The summed E-state index contributed by atoms with van der Waals surface area (Å²) >= 11 is 1.82. The number of hydrogen-bond acceptors (Lipinski definition) is 4. The third kappa shape index (κ3) is 6.87. The fourth-order valence-corrected chi connectivity index (χ4v) is 3.60. The van der Waals surface area contributed by atoms with Gasteiger partial charge in [-0.1, -0.05) is 13.3 Å². The Morgan fingerprint density at radius 1 is 1.26 bits per heavy atom. The number of nitrogens with one attached hydrogen (secondary N) is 2. The molecule has 0 atom stereocenters. The van der Waals surface area contributed by atoms with Crippen molar-refractivity contribution in [1.29, 1.82) is 0 Å². The van der Waals surface area contributed by atoms with Crippen molar-refractivity contribution in [2.24, 2.45) is 4.99 Å². The quantitative estimate of drug-likeness (QED) is 0.564. The number of guanidine groups is 1. The van der Waals surface area contributed by atoms with E-state index < -0.39 is 0 Å². The molecule has 0 aliphatic carbocycles. The van der Waals surface area contributed by atoms with Crippen LogP contribution in [0.3, 0.4) is 0 Å². The maximum absolute atomic E-state index is 4.70. The van der Waals surface area contributed by atoms with Crippen molar-refractivity contribution in [1.82, 2.24) is 20.5 Å². The van der Waals surface area contributed by atoms with Gasteiger partial charge in [0.15, 0.2) is 5.96 Å². The summed E-state index contributed by atoms with van der Waals surface area (Å²) in [5, 5.41) is 7.95. The number of hydrogen-bond donors (Lipinski definition) is 2. The number of aromatic nitrogens is 1. The Bertz CT molecular complexity index is 465. The van der Waals surface area contributed by atoms with Gasteiger partial charge in [0.05, 0.1) is 11.6 Å². The highest BCUT2D eigenvalue weighted by molar-refractivity contribution is 7.11. The molecule has 0 saturated carbocycles. The molecule has 0 spiro atoms. The molecule has 0 radical (unpaired) electrons. The zero-order chi connectivity index (χ0) is 16.3. The van der Waals surface area contributed by atoms with E-state index in [9.17, 15) is 0 Å². The van der Waals surface area contributed by atoms with E-state index in [1.165, 1.54) is 42.2 Å². The van der Waals surface area contributed by atoms with Crippen molar-refractivity contribution >= 4 is 17.3 Å². The molecule has 2 heterocycles. The zero-order valence-electron chi connectivity index (χ0n) is 14.6. The molecule has 1 saturated heterocycles. The third-order valence-corrected chi connectivity index (χ3v) is 5.26. The number of rotatable bonds is 8. The maximum atomic E-state index is 4.70. The van der Waals surface area contributed by atoms with E-state index in [1.807, 2.05) is 17.5 Å². The molecule has 0 amide bonds. The van der Waals surface area contributed by atoms with Gasteiger partial charge in [0.1, 0.15) is 0 Å². The van der Waals surface area contributed by atoms with Crippen LogP contribution in [0.2, 0.25) is 0 Å². The molecule has 23 heavy (non-hydrogen) atoms. The molecule has 1 aliphatic rings. The fourth-order valence-electron chi connectivity index (χ4n) is 2.74. The molecule has 5 nitrogen and oxygen atoms in total. The lowest BCUT2D eigenvalue weighted by Gasteiger charge is -2.25. The molecule has 1 aliphatic heterocycles. The van der Waals surface area contributed by atoms with Gasteiger partial charge in [-0.3, -0.25) is 4.99 Å². The minimum atomic E-state index is 0.868. The van der Waals surface area contributed by atoms with Gasteiger partial charge in [-0.15, -0.1) is 11.3 Å². The van der Waals surface area contributed by atoms with Gasteiger partial charge in [-0.05, 0) is 39.3 Å². The Balaban J connectivity index is 1.70. The van der Waals surface area contributed by atoms with Crippen molar-refractivity contribution in [3.8, 4) is 0 Å². The summed E-state index contributed by atoms with van der Waals surface area (Å²) in [6.45, 7) is 10.5. The molecule has 1 aromatic rings. The Labute approximate surface area is 144 Å². The molecule has 0 unspecified atom stereocenters. The molecule has 0 bridgehead atoms. The summed E-state index contributed by atoms with van der Waals surface area (Å²) in [5.41, 5.74) is 0. The average molecular weight is 338 g/mol. The van der Waals surface area contributed by atoms with Crippen LogP contribution in [-0.2, 0) is 12.8 Å². The summed E-state index contributed by atoms with van der Waals surface area (Å²) < 4.78 is 0. The number of nitrogens with zero attached hydrogens (tertiary/aromatic N) is 3. The van der Waals surface area contributed by atoms with Gasteiger partial charge in [-0.2, -0.15) is 0 Å². The van der Waals surface area contributed by atoms with Crippen molar-refractivity contribution in [3.63, 3.8) is 0 Å². The van der Waals surface area contributed by atoms with Crippen LogP contribution in [0.25, 0.3) is 0 Å². The normalized spacial score (nSPS) is 16.5. The van der Waals surface area contributed by atoms with Gasteiger partial charge in [0, 0.05) is 37.1 Å². The summed E-state index contributed by atoms with van der Waals surface area (Å²) in [4.78, 5) is 13.0. The van der Waals surface area contributed by atoms with Gasteiger partial charge in [-0.25, -0.2) is 4.98 Å². The van der Waals surface area contributed by atoms with E-state index in [0.29, 0.717) is 0 Å². The van der Waals surface area contributed by atoms with E-state index in [0.717, 1.165) is 45.0 Å². The molecule has 1 aromatic heterocycles. The lowest BCUT2D eigenvalue weighted by atomic mass is 10.1. The van der Waals surface area contributed by atoms with Crippen LogP contribution in [0.15, 0.2) is 11.2 Å². The SMILES string of the molecule is CCNC(=NCCN1CCCCC1)NCCc1ncc(CC)s1. The van der Waals surface area contributed by atoms with Crippen molar-refractivity contribution in [2.75, 3.05) is 39.3 Å². The number of likely N-dealkylation sites (tertiary alicyclic amines) is 1. The first-order valence-electron chi connectivity index (χ1n) is 9.00. The second-order valence-corrected chi connectivity index (χ2v) is 7.11. The van der Waals surface area contributed by atoms with Crippen LogP contribution in [0, 0.1) is 0 Å². The summed E-state index contributed by atoms with van der Waals surface area (Å²) in [6.07, 6.45) is 8.11. The highest BCUT2D eigenvalue weighted by Crippen LogP contribution is 2.13. The molecular weight excluding hydrogens is 306 g/mol. The van der Waals surface area contributed by atoms with Crippen molar-refractivity contribution in [2.45, 2.75) is 46.0 Å². The molecule has 1 fully saturated rings. The molecule has 130 valence electrons. The fraction of sp³-hybridized carbons (Fsp3) is 0.765. The van der Waals surface area contributed by atoms with Crippen LogP contribution in [0.5, 0.6) is 0 Å². The highest BCUT2D eigenvalue weighted by Gasteiger charge is 2.09. The minimum absolute atomic E-state index is 0.868. The molecule has 6 heteroatoms. The van der Waals surface area contributed by atoms with Crippen molar-refractivity contribution < 1.29 is 0 Å². The van der Waals surface area contributed by atoms with Crippen LogP contribution in [0.4, 0.5) is 0 Å². The summed E-state index contributed by atoms with van der Waals surface area (Å²) in [6, 6.07) is 0. The Morgan fingerprint density at radius 2 is 2.09 bits per heavy atom. The molecule has 2 N–H and O–H groups in total. The Hall–Kier alpha value is -1.14. The number of aliphatic imine (C=N–C) groups is 1. The van der Waals surface area contributed by atoms with E-state index in [-0.39, 0.29) is 0 Å².